The highest BCUT2D eigenvalue weighted by atomic mass is 16.5. The predicted octanol–water partition coefficient (Wildman–Crippen LogP) is 2.65. The maximum atomic E-state index is 6.05. The van der Waals surface area contributed by atoms with Crippen LogP contribution < -0.4 is 4.74 Å². The van der Waals surface area contributed by atoms with E-state index in [0.29, 0.717) is 17.5 Å². The summed E-state index contributed by atoms with van der Waals surface area (Å²) < 4.78 is 7.62. The van der Waals surface area contributed by atoms with Gasteiger partial charge in [-0.25, -0.2) is 0 Å². The maximum absolute atomic E-state index is 6.05. The van der Waals surface area contributed by atoms with Gasteiger partial charge in [0.05, 0.1) is 17.6 Å². The fourth-order valence-electron chi connectivity index (χ4n) is 2.92. The zero-order valence-electron chi connectivity index (χ0n) is 15.5. The molecule has 0 aliphatic heterocycles. The Morgan fingerprint density at radius 3 is 2.59 bits per heavy atom. The van der Waals surface area contributed by atoms with Crippen molar-refractivity contribution in [3.05, 3.63) is 78.4 Å². The quantitative estimate of drug-likeness (QED) is 0.460. The highest BCUT2D eigenvalue weighted by molar-refractivity contribution is 5.71. The zero-order valence-corrected chi connectivity index (χ0v) is 15.5. The average molecular weight is 384 g/mol. The second-order valence-electron chi connectivity index (χ2n) is 6.38. The third-order valence-corrected chi connectivity index (χ3v) is 4.30. The molecule has 0 radical (unpaired) electrons. The molecule has 142 valence electrons. The van der Waals surface area contributed by atoms with Crippen molar-refractivity contribution in [2.24, 2.45) is 0 Å². The van der Waals surface area contributed by atoms with E-state index in [1.807, 2.05) is 61.5 Å². The molecule has 0 aliphatic carbocycles. The van der Waals surface area contributed by atoms with E-state index in [2.05, 4.69) is 30.5 Å². The van der Waals surface area contributed by atoms with Crippen molar-refractivity contribution in [1.82, 2.24) is 39.8 Å². The normalized spacial score (nSPS) is 11.1. The Labute approximate surface area is 165 Å². The molecule has 29 heavy (non-hydrogen) atoms. The number of benzene rings is 1. The Hall–Kier alpha value is -4.14. The topological polar surface area (TPSA) is 95.9 Å². The van der Waals surface area contributed by atoms with Crippen LogP contribution in [0, 0.1) is 6.92 Å². The summed E-state index contributed by atoms with van der Waals surface area (Å²) in [6.07, 6.45) is 3.38. The van der Waals surface area contributed by atoms with Gasteiger partial charge >= 0.3 is 0 Å². The molecule has 0 atom stereocenters. The van der Waals surface area contributed by atoms with Gasteiger partial charge in [-0.15, -0.1) is 20.1 Å². The maximum Gasteiger partial charge on any atom is 0.290 e. The van der Waals surface area contributed by atoms with Crippen molar-refractivity contribution in [3.8, 4) is 23.0 Å². The molecule has 4 aromatic heterocycles. The van der Waals surface area contributed by atoms with Gasteiger partial charge in [-0.1, -0.05) is 36.4 Å². The summed E-state index contributed by atoms with van der Waals surface area (Å²) in [5.41, 5.74) is 3.93. The molecule has 0 spiro atoms. The first-order valence-corrected chi connectivity index (χ1v) is 9.02. The number of hydrogen-bond donors (Lipinski definition) is 0. The smallest absolute Gasteiger partial charge is 0.290 e. The van der Waals surface area contributed by atoms with E-state index in [4.69, 9.17) is 4.74 Å². The zero-order chi connectivity index (χ0) is 19.6. The summed E-state index contributed by atoms with van der Waals surface area (Å²) in [5, 5.41) is 21.6. The van der Waals surface area contributed by atoms with Gasteiger partial charge in [0.15, 0.2) is 5.65 Å². The molecule has 0 amide bonds. The van der Waals surface area contributed by atoms with Crippen LogP contribution in [0.2, 0.25) is 0 Å². The second kappa shape index (κ2) is 7.12. The van der Waals surface area contributed by atoms with Crippen LogP contribution in [0.15, 0.2) is 67.0 Å². The van der Waals surface area contributed by atoms with E-state index in [1.165, 1.54) is 4.80 Å². The minimum Gasteiger partial charge on any atom is -0.470 e. The summed E-state index contributed by atoms with van der Waals surface area (Å²) in [5.74, 6) is 0.828. The molecule has 4 heterocycles. The molecule has 0 saturated carbocycles. The monoisotopic (exact) mass is 384 g/mol. The highest BCUT2D eigenvalue weighted by Crippen LogP contribution is 2.29. The van der Waals surface area contributed by atoms with E-state index >= 15 is 0 Å². The Morgan fingerprint density at radius 2 is 1.83 bits per heavy atom. The van der Waals surface area contributed by atoms with Gasteiger partial charge in [0.25, 0.3) is 5.95 Å². The molecule has 0 fully saturated rings. The van der Waals surface area contributed by atoms with Crippen molar-refractivity contribution in [2.45, 2.75) is 13.5 Å². The minimum absolute atomic E-state index is 0.287. The SMILES string of the molecule is Cc1cnn(-c2nnc3cc(-c4ccccc4)c(OCc4ccccn4)nn23)n1. The Balaban J connectivity index is 1.62. The standard InChI is InChI=1S/C20H16N8O/c1-14-12-22-28(25-14)20-24-23-18-11-17(15-7-3-2-4-8-15)19(26-27(18)20)29-13-16-9-5-6-10-21-16/h2-12H,13H2,1H3. The molecule has 0 bridgehead atoms. The van der Waals surface area contributed by atoms with Crippen molar-refractivity contribution in [3.63, 3.8) is 0 Å². The molecule has 5 aromatic rings. The molecule has 0 unspecified atom stereocenters. The second-order valence-corrected chi connectivity index (χ2v) is 6.38. The molecule has 9 nitrogen and oxygen atoms in total. The summed E-state index contributed by atoms with van der Waals surface area (Å²) in [7, 11) is 0. The van der Waals surface area contributed by atoms with Crippen LogP contribution in [-0.4, -0.2) is 39.8 Å². The number of ether oxygens (including phenoxy) is 1. The molecular weight excluding hydrogens is 368 g/mol. The van der Waals surface area contributed by atoms with E-state index < -0.39 is 0 Å². The Kier molecular flexibility index (Phi) is 4.17. The lowest BCUT2D eigenvalue weighted by Crippen LogP contribution is -2.09. The van der Waals surface area contributed by atoms with Crippen molar-refractivity contribution in [1.29, 1.82) is 0 Å². The number of aromatic nitrogens is 8. The fourth-order valence-corrected chi connectivity index (χ4v) is 2.92. The summed E-state index contributed by atoms with van der Waals surface area (Å²) >= 11 is 0. The molecule has 1 aromatic carbocycles. The largest absolute Gasteiger partial charge is 0.470 e. The number of hydrogen-bond acceptors (Lipinski definition) is 7. The van der Waals surface area contributed by atoms with Gasteiger partial charge in [0.2, 0.25) is 5.88 Å². The van der Waals surface area contributed by atoms with Crippen LogP contribution in [0.1, 0.15) is 11.4 Å². The first-order valence-electron chi connectivity index (χ1n) is 9.02. The van der Waals surface area contributed by atoms with Crippen LogP contribution in [-0.2, 0) is 6.61 Å². The third-order valence-electron chi connectivity index (χ3n) is 4.30. The number of fused-ring (bicyclic) bond motifs is 1. The van der Waals surface area contributed by atoms with E-state index in [0.717, 1.165) is 22.5 Å². The Morgan fingerprint density at radius 1 is 0.966 bits per heavy atom. The van der Waals surface area contributed by atoms with Gasteiger partial charge in [-0.05, 0) is 30.7 Å². The highest BCUT2D eigenvalue weighted by Gasteiger charge is 2.17. The van der Waals surface area contributed by atoms with Crippen molar-refractivity contribution < 1.29 is 4.74 Å². The lowest BCUT2D eigenvalue weighted by atomic mass is 10.1. The number of aryl methyl sites for hydroxylation is 1. The van der Waals surface area contributed by atoms with Gasteiger partial charge in [0, 0.05) is 11.8 Å². The van der Waals surface area contributed by atoms with E-state index in [1.54, 1.807) is 16.9 Å². The number of pyridine rings is 1. The van der Waals surface area contributed by atoms with Crippen LogP contribution in [0.25, 0.3) is 22.7 Å². The minimum atomic E-state index is 0.287. The first kappa shape index (κ1) is 17.0. The van der Waals surface area contributed by atoms with E-state index in [-0.39, 0.29) is 6.61 Å². The predicted molar refractivity (Wildman–Crippen MR) is 104 cm³/mol. The lowest BCUT2D eigenvalue weighted by Gasteiger charge is -2.11. The van der Waals surface area contributed by atoms with Gasteiger partial charge in [-0.3, -0.25) is 4.98 Å². The average Bonchev–Trinajstić information content (AvgIpc) is 3.38. The molecular formula is C20H16N8O. The van der Waals surface area contributed by atoms with Gasteiger partial charge in [-0.2, -0.15) is 14.7 Å². The van der Waals surface area contributed by atoms with Crippen LogP contribution in [0.5, 0.6) is 5.88 Å². The lowest BCUT2D eigenvalue weighted by molar-refractivity contribution is 0.286. The third kappa shape index (κ3) is 3.29. The summed E-state index contributed by atoms with van der Waals surface area (Å²) in [6, 6.07) is 17.5. The molecule has 0 saturated heterocycles. The fraction of sp³-hybridized carbons (Fsp3) is 0.100. The molecule has 0 N–H and O–H groups in total. The first-order chi connectivity index (χ1) is 14.3. The number of rotatable bonds is 5. The Bertz CT molecular complexity index is 1260. The van der Waals surface area contributed by atoms with Crippen LogP contribution in [0.3, 0.4) is 0 Å². The van der Waals surface area contributed by atoms with Gasteiger partial charge < -0.3 is 4.74 Å². The van der Waals surface area contributed by atoms with E-state index in [9.17, 15) is 0 Å². The molecule has 5 rings (SSSR count). The van der Waals surface area contributed by atoms with Crippen LogP contribution in [0.4, 0.5) is 0 Å². The molecule has 9 heteroatoms. The van der Waals surface area contributed by atoms with Crippen LogP contribution >= 0.6 is 0 Å². The van der Waals surface area contributed by atoms with Gasteiger partial charge in [0.1, 0.15) is 6.61 Å². The molecule has 0 aliphatic rings. The van der Waals surface area contributed by atoms with Crippen molar-refractivity contribution >= 4 is 5.65 Å². The summed E-state index contributed by atoms with van der Waals surface area (Å²) in [4.78, 5) is 5.70. The van der Waals surface area contributed by atoms with Crippen molar-refractivity contribution in [2.75, 3.05) is 0 Å². The number of nitrogens with zero attached hydrogens (tertiary/aromatic N) is 8. The summed E-state index contributed by atoms with van der Waals surface area (Å²) in [6.45, 7) is 2.14.